The fraction of sp³-hybridized carbons (Fsp3) is 0.250. The van der Waals surface area contributed by atoms with Gasteiger partial charge >= 0.3 is 0 Å². The summed E-state index contributed by atoms with van der Waals surface area (Å²) < 4.78 is 1.63. The third kappa shape index (κ3) is 5.20. The van der Waals surface area contributed by atoms with Crippen molar-refractivity contribution in [3.05, 3.63) is 101 Å². The minimum Gasteiger partial charge on any atom is -0.350 e. The summed E-state index contributed by atoms with van der Waals surface area (Å²) in [4.78, 5) is 32.0. The molecule has 0 aliphatic rings. The van der Waals surface area contributed by atoms with E-state index in [1.807, 2.05) is 106 Å². The molecule has 0 aliphatic heterocycles. The van der Waals surface area contributed by atoms with E-state index in [0.29, 0.717) is 29.6 Å². The van der Waals surface area contributed by atoms with E-state index >= 15 is 0 Å². The summed E-state index contributed by atoms with van der Waals surface area (Å²) in [6, 6.07) is 26.3. The Labute approximate surface area is 194 Å². The highest BCUT2D eigenvalue weighted by atomic mass is 16.2. The molecule has 1 aromatic heterocycles. The Kier molecular flexibility index (Phi) is 6.40. The van der Waals surface area contributed by atoms with Crippen LogP contribution in [-0.2, 0) is 11.2 Å². The van der Waals surface area contributed by atoms with Crippen molar-refractivity contribution in [1.82, 2.24) is 14.9 Å². The molecule has 4 aromatic rings. The summed E-state index contributed by atoms with van der Waals surface area (Å²) in [6.07, 6.45) is 1.17. The number of hydrogen-bond acceptors (Lipinski definition) is 3. The van der Waals surface area contributed by atoms with E-state index in [-0.39, 0.29) is 11.5 Å². The van der Waals surface area contributed by atoms with Crippen LogP contribution in [0.5, 0.6) is 0 Å². The molecular weight excluding hydrogens is 410 g/mol. The number of para-hydroxylation sites is 2. The first kappa shape index (κ1) is 22.5. The molecular formula is C28H29N3O2. The number of carbonyl (C=O) groups excluding carboxylic acids is 1. The van der Waals surface area contributed by atoms with E-state index in [9.17, 15) is 9.59 Å². The van der Waals surface area contributed by atoms with Gasteiger partial charge < -0.3 is 5.32 Å². The number of benzene rings is 3. The number of amides is 1. The van der Waals surface area contributed by atoms with Gasteiger partial charge in [-0.3, -0.25) is 14.2 Å². The van der Waals surface area contributed by atoms with E-state index < -0.39 is 11.6 Å². The van der Waals surface area contributed by atoms with Crippen molar-refractivity contribution < 1.29 is 4.79 Å². The zero-order chi connectivity index (χ0) is 23.4. The first-order chi connectivity index (χ1) is 15.8. The number of nitrogens with one attached hydrogen (secondary N) is 1. The van der Waals surface area contributed by atoms with Crippen LogP contribution in [0.3, 0.4) is 0 Å². The molecule has 1 amide bonds. The van der Waals surface area contributed by atoms with E-state index in [1.165, 1.54) is 0 Å². The average molecular weight is 440 g/mol. The van der Waals surface area contributed by atoms with Gasteiger partial charge in [0.1, 0.15) is 11.7 Å². The number of hydrogen-bond donors (Lipinski definition) is 1. The van der Waals surface area contributed by atoms with Gasteiger partial charge in [0.15, 0.2) is 0 Å². The minimum absolute atomic E-state index is 0.170. The SMILES string of the molecule is CC(C)(C)NC(=O)C(CCc1ccccc1)n1c(=O)c(-c2ccccc2)nc2ccccc21. The van der Waals surface area contributed by atoms with Crippen LogP contribution in [0.1, 0.15) is 38.8 Å². The molecule has 3 aromatic carbocycles. The Bertz CT molecular complexity index is 1310. The van der Waals surface area contributed by atoms with Crippen molar-refractivity contribution in [1.29, 1.82) is 0 Å². The van der Waals surface area contributed by atoms with Gasteiger partial charge in [0.05, 0.1) is 11.0 Å². The summed E-state index contributed by atoms with van der Waals surface area (Å²) in [6.45, 7) is 5.84. The van der Waals surface area contributed by atoms with Crippen LogP contribution in [0.15, 0.2) is 89.7 Å². The molecule has 0 fully saturated rings. The van der Waals surface area contributed by atoms with Gasteiger partial charge in [-0.2, -0.15) is 0 Å². The number of aromatic nitrogens is 2. The summed E-state index contributed by atoms with van der Waals surface area (Å²) in [5.74, 6) is -0.170. The zero-order valence-electron chi connectivity index (χ0n) is 19.3. The van der Waals surface area contributed by atoms with Crippen molar-refractivity contribution in [2.24, 2.45) is 0 Å². The lowest BCUT2D eigenvalue weighted by atomic mass is 10.0. The van der Waals surface area contributed by atoms with Crippen LogP contribution in [0.2, 0.25) is 0 Å². The second-order valence-electron chi connectivity index (χ2n) is 9.27. The standard InChI is InChI=1S/C28H29N3O2/c1-28(2,3)30-26(32)24(19-18-20-12-6-4-7-13-20)31-23-17-11-10-16-22(23)29-25(27(31)33)21-14-8-5-9-15-21/h4-17,24H,18-19H2,1-3H3,(H,30,32). The fourth-order valence-corrected chi connectivity index (χ4v) is 4.03. The Morgan fingerprint density at radius 2 is 1.52 bits per heavy atom. The van der Waals surface area contributed by atoms with Crippen LogP contribution in [0, 0.1) is 0 Å². The predicted octanol–water partition coefficient (Wildman–Crippen LogP) is 5.15. The van der Waals surface area contributed by atoms with Gasteiger partial charge in [-0.25, -0.2) is 4.98 Å². The summed E-state index contributed by atoms with van der Waals surface area (Å²) in [5.41, 5.74) is 2.87. The average Bonchev–Trinajstić information content (AvgIpc) is 2.80. The molecule has 168 valence electrons. The van der Waals surface area contributed by atoms with Crippen LogP contribution in [0.25, 0.3) is 22.3 Å². The van der Waals surface area contributed by atoms with Crippen LogP contribution in [-0.4, -0.2) is 21.0 Å². The number of rotatable bonds is 6. The Hall–Kier alpha value is -3.73. The molecule has 1 atom stereocenters. The number of carbonyl (C=O) groups is 1. The van der Waals surface area contributed by atoms with Crippen molar-refractivity contribution in [2.45, 2.75) is 45.2 Å². The van der Waals surface area contributed by atoms with Gasteiger partial charge in [0.2, 0.25) is 5.91 Å². The van der Waals surface area contributed by atoms with Crippen molar-refractivity contribution in [3.8, 4) is 11.3 Å². The Morgan fingerprint density at radius 3 is 2.18 bits per heavy atom. The molecule has 0 saturated carbocycles. The highest BCUT2D eigenvalue weighted by molar-refractivity contribution is 5.85. The third-order valence-electron chi connectivity index (χ3n) is 5.50. The highest BCUT2D eigenvalue weighted by Crippen LogP contribution is 2.24. The normalized spacial score (nSPS) is 12.5. The fourth-order valence-electron chi connectivity index (χ4n) is 4.03. The molecule has 0 radical (unpaired) electrons. The topological polar surface area (TPSA) is 64.0 Å². The second kappa shape index (κ2) is 9.41. The van der Waals surface area contributed by atoms with Crippen molar-refractivity contribution >= 4 is 16.9 Å². The lowest BCUT2D eigenvalue weighted by molar-refractivity contribution is -0.125. The van der Waals surface area contributed by atoms with Crippen LogP contribution < -0.4 is 10.9 Å². The minimum atomic E-state index is -0.674. The van der Waals surface area contributed by atoms with E-state index in [0.717, 1.165) is 11.1 Å². The maximum atomic E-state index is 13.8. The summed E-state index contributed by atoms with van der Waals surface area (Å²) >= 11 is 0. The largest absolute Gasteiger partial charge is 0.350 e. The monoisotopic (exact) mass is 439 g/mol. The molecule has 4 rings (SSSR count). The van der Waals surface area contributed by atoms with Gasteiger partial charge in [-0.15, -0.1) is 0 Å². The summed E-state index contributed by atoms with van der Waals surface area (Å²) in [7, 11) is 0. The van der Waals surface area contributed by atoms with Gasteiger partial charge in [0, 0.05) is 11.1 Å². The third-order valence-corrected chi connectivity index (χ3v) is 5.50. The highest BCUT2D eigenvalue weighted by Gasteiger charge is 2.28. The predicted molar refractivity (Wildman–Crippen MR) is 133 cm³/mol. The molecule has 1 unspecified atom stereocenters. The molecule has 1 N–H and O–H groups in total. The first-order valence-electron chi connectivity index (χ1n) is 11.3. The first-order valence-corrected chi connectivity index (χ1v) is 11.3. The maximum Gasteiger partial charge on any atom is 0.278 e. The van der Waals surface area contributed by atoms with Gasteiger partial charge in [-0.1, -0.05) is 72.8 Å². The lowest BCUT2D eigenvalue weighted by Crippen LogP contribution is -2.46. The smallest absolute Gasteiger partial charge is 0.278 e. The Morgan fingerprint density at radius 1 is 0.909 bits per heavy atom. The maximum absolute atomic E-state index is 13.8. The molecule has 0 saturated heterocycles. The van der Waals surface area contributed by atoms with Gasteiger partial charge in [0.25, 0.3) is 5.56 Å². The van der Waals surface area contributed by atoms with Crippen molar-refractivity contribution in [2.75, 3.05) is 0 Å². The molecule has 0 spiro atoms. The zero-order valence-corrected chi connectivity index (χ0v) is 19.3. The Balaban J connectivity index is 1.88. The molecule has 0 bridgehead atoms. The summed E-state index contributed by atoms with van der Waals surface area (Å²) in [5, 5.41) is 3.09. The molecule has 1 heterocycles. The van der Waals surface area contributed by atoms with Crippen LogP contribution in [0.4, 0.5) is 0 Å². The van der Waals surface area contributed by atoms with E-state index in [1.54, 1.807) is 4.57 Å². The molecule has 5 heteroatoms. The lowest BCUT2D eigenvalue weighted by Gasteiger charge is -2.27. The number of nitrogens with zero attached hydrogens (tertiary/aromatic N) is 2. The number of fused-ring (bicyclic) bond motifs is 1. The molecule has 33 heavy (non-hydrogen) atoms. The van der Waals surface area contributed by atoms with Gasteiger partial charge in [-0.05, 0) is 51.3 Å². The second-order valence-corrected chi connectivity index (χ2v) is 9.27. The molecule has 0 aliphatic carbocycles. The quantitative estimate of drug-likeness (QED) is 0.452. The number of aryl methyl sites for hydroxylation is 1. The van der Waals surface area contributed by atoms with Crippen molar-refractivity contribution in [3.63, 3.8) is 0 Å². The molecule has 5 nitrogen and oxygen atoms in total. The van der Waals surface area contributed by atoms with E-state index in [2.05, 4.69) is 10.3 Å². The van der Waals surface area contributed by atoms with Crippen LogP contribution >= 0.6 is 0 Å². The van der Waals surface area contributed by atoms with E-state index in [4.69, 9.17) is 0 Å².